The van der Waals surface area contributed by atoms with Crippen LogP contribution >= 0.6 is 22.7 Å². The van der Waals surface area contributed by atoms with E-state index in [0.29, 0.717) is 0 Å². The molecule has 5 rings (SSSR count). The SMILES string of the molecule is c1csc(-c2nc(CN3CCN(Cc4nc5ccccc5s4)CC3)co2)c1. The Balaban J connectivity index is 1.16. The van der Waals surface area contributed by atoms with Gasteiger partial charge in [-0.05, 0) is 23.6 Å². The molecule has 0 N–H and O–H groups in total. The fraction of sp³-hybridized carbons (Fsp3) is 0.300. The first-order chi connectivity index (χ1) is 13.3. The molecule has 0 amide bonds. The van der Waals surface area contributed by atoms with E-state index in [4.69, 9.17) is 9.40 Å². The highest BCUT2D eigenvalue weighted by Gasteiger charge is 2.19. The number of thiazole rings is 1. The highest BCUT2D eigenvalue weighted by atomic mass is 32.1. The second-order valence-corrected chi connectivity index (χ2v) is 8.81. The number of para-hydroxylation sites is 1. The molecule has 4 heterocycles. The van der Waals surface area contributed by atoms with E-state index in [1.54, 1.807) is 17.6 Å². The van der Waals surface area contributed by atoms with Crippen LogP contribution in [-0.4, -0.2) is 45.9 Å². The number of fused-ring (bicyclic) bond motifs is 1. The van der Waals surface area contributed by atoms with Gasteiger partial charge in [0.2, 0.25) is 5.89 Å². The number of hydrogen-bond donors (Lipinski definition) is 0. The number of rotatable bonds is 5. The summed E-state index contributed by atoms with van der Waals surface area (Å²) in [5.41, 5.74) is 2.13. The fourth-order valence-electron chi connectivity index (χ4n) is 3.41. The molecule has 3 aromatic heterocycles. The van der Waals surface area contributed by atoms with E-state index >= 15 is 0 Å². The zero-order valence-electron chi connectivity index (χ0n) is 14.9. The van der Waals surface area contributed by atoms with E-state index in [2.05, 4.69) is 39.0 Å². The average Bonchev–Trinajstić information content (AvgIpc) is 3.43. The minimum atomic E-state index is 0.731. The molecule has 1 fully saturated rings. The van der Waals surface area contributed by atoms with Crippen molar-refractivity contribution in [1.29, 1.82) is 0 Å². The van der Waals surface area contributed by atoms with Gasteiger partial charge in [-0.15, -0.1) is 22.7 Å². The van der Waals surface area contributed by atoms with Gasteiger partial charge in [-0.2, -0.15) is 0 Å². The van der Waals surface area contributed by atoms with E-state index in [9.17, 15) is 0 Å². The van der Waals surface area contributed by atoms with Crippen molar-refractivity contribution in [1.82, 2.24) is 19.8 Å². The molecule has 27 heavy (non-hydrogen) atoms. The minimum absolute atomic E-state index is 0.731. The van der Waals surface area contributed by atoms with Crippen molar-refractivity contribution in [2.24, 2.45) is 0 Å². The van der Waals surface area contributed by atoms with Crippen LogP contribution in [0.1, 0.15) is 10.7 Å². The van der Waals surface area contributed by atoms with Crippen molar-refractivity contribution in [3.8, 4) is 10.8 Å². The summed E-state index contributed by atoms with van der Waals surface area (Å²) < 4.78 is 6.91. The second kappa shape index (κ2) is 7.52. The summed E-state index contributed by atoms with van der Waals surface area (Å²) in [6.07, 6.45) is 1.79. The van der Waals surface area contributed by atoms with Crippen molar-refractivity contribution in [3.63, 3.8) is 0 Å². The lowest BCUT2D eigenvalue weighted by atomic mass is 10.3. The van der Waals surface area contributed by atoms with Crippen LogP contribution in [0.3, 0.4) is 0 Å². The zero-order chi connectivity index (χ0) is 18.1. The highest BCUT2D eigenvalue weighted by molar-refractivity contribution is 7.18. The maximum atomic E-state index is 5.63. The summed E-state index contributed by atoms with van der Waals surface area (Å²) in [6.45, 7) is 6.01. The van der Waals surface area contributed by atoms with Gasteiger partial charge in [0.25, 0.3) is 0 Å². The molecule has 0 atom stereocenters. The van der Waals surface area contributed by atoms with E-state index in [-0.39, 0.29) is 0 Å². The van der Waals surface area contributed by atoms with Gasteiger partial charge in [-0.25, -0.2) is 9.97 Å². The van der Waals surface area contributed by atoms with Gasteiger partial charge < -0.3 is 4.42 Å². The van der Waals surface area contributed by atoms with Gasteiger partial charge in [0.15, 0.2) is 0 Å². The summed E-state index contributed by atoms with van der Waals surface area (Å²) in [5.74, 6) is 0.731. The first-order valence-electron chi connectivity index (χ1n) is 9.11. The number of benzene rings is 1. The monoisotopic (exact) mass is 396 g/mol. The van der Waals surface area contributed by atoms with Crippen LogP contribution in [-0.2, 0) is 13.1 Å². The smallest absolute Gasteiger partial charge is 0.236 e. The molecule has 0 spiro atoms. The summed E-state index contributed by atoms with van der Waals surface area (Å²) >= 11 is 3.46. The maximum Gasteiger partial charge on any atom is 0.236 e. The standard InChI is InChI=1S/C20H20N4OS2/c1-2-5-17-16(4-1)22-19(27-17)13-24-9-7-23(8-10-24)12-15-14-25-20(21-15)18-6-3-11-26-18/h1-6,11,14H,7-10,12-13H2. The molecule has 0 bridgehead atoms. The molecule has 0 unspecified atom stereocenters. The van der Waals surface area contributed by atoms with Crippen LogP contribution in [0.2, 0.25) is 0 Å². The number of aromatic nitrogens is 2. The largest absolute Gasteiger partial charge is 0.444 e. The number of oxazole rings is 1. The lowest BCUT2D eigenvalue weighted by Gasteiger charge is -2.33. The number of hydrogen-bond acceptors (Lipinski definition) is 7. The number of piperazine rings is 1. The molecule has 0 saturated carbocycles. The summed E-state index contributed by atoms with van der Waals surface area (Å²) in [6, 6.07) is 12.4. The Labute approximate surface area is 165 Å². The van der Waals surface area contributed by atoms with Crippen molar-refractivity contribution in [2.45, 2.75) is 13.1 Å². The van der Waals surface area contributed by atoms with Gasteiger partial charge >= 0.3 is 0 Å². The lowest BCUT2D eigenvalue weighted by Crippen LogP contribution is -2.45. The fourth-order valence-corrected chi connectivity index (χ4v) is 5.07. The normalized spacial score (nSPS) is 16.3. The summed E-state index contributed by atoms with van der Waals surface area (Å²) in [7, 11) is 0. The maximum absolute atomic E-state index is 5.63. The third-order valence-electron chi connectivity index (χ3n) is 4.83. The van der Waals surface area contributed by atoms with Crippen molar-refractivity contribution in [3.05, 3.63) is 58.7 Å². The third kappa shape index (κ3) is 3.82. The van der Waals surface area contributed by atoms with Crippen LogP contribution in [0.4, 0.5) is 0 Å². The van der Waals surface area contributed by atoms with Gasteiger partial charge in [-0.3, -0.25) is 9.80 Å². The Morgan fingerprint density at radius 2 is 1.74 bits per heavy atom. The summed E-state index contributed by atoms with van der Waals surface area (Å²) in [4.78, 5) is 15.4. The van der Waals surface area contributed by atoms with Crippen LogP contribution in [0.25, 0.3) is 21.0 Å². The molecule has 0 radical (unpaired) electrons. The Morgan fingerprint density at radius 1 is 0.926 bits per heavy atom. The van der Waals surface area contributed by atoms with Crippen molar-refractivity contribution >= 4 is 32.9 Å². The van der Waals surface area contributed by atoms with Crippen molar-refractivity contribution < 1.29 is 4.42 Å². The summed E-state index contributed by atoms with van der Waals surface area (Å²) in [5, 5.41) is 3.26. The van der Waals surface area contributed by atoms with Crippen LogP contribution in [0, 0.1) is 0 Å². The van der Waals surface area contributed by atoms with E-state index < -0.39 is 0 Å². The van der Waals surface area contributed by atoms with E-state index in [0.717, 1.165) is 61.2 Å². The van der Waals surface area contributed by atoms with Gasteiger partial charge in [0.1, 0.15) is 11.3 Å². The Hall–Kier alpha value is -2.06. The Kier molecular flexibility index (Phi) is 4.75. The quantitative estimate of drug-likeness (QED) is 0.502. The van der Waals surface area contributed by atoms with Crippen LogP contribution < -0.4 is 0 Å². The van der Waals surface area contributed by atoms with Crippen LogP contribution in [0.5, 0.6) is 0 Å². The number of thiophene rings is 1. The molecule has 1 saturated heterocycles. The minimum Gasteiger partial charge on any atom is -0.444 e. The molecule has 4 aromatic rings. The van der Waals surface area contributed by atoms with Crippen molar-refractivity contribution in [2.75, 3.05) is 26.2 Å². The first kappa shape index (κ1) is 17.1. The average molecular weight is 397 g/mol. The lowest BCUT2D eigenvalue weighted by molar-refractivity contribution is 0.121. The molecular weight excluding hydrogens is 376 g/mol. The molecule has 1 aromatic carbocycles. The predicted molar refractivity (Wildman–Crippen MR) is 110 cm³/mol. The first-order valence-corrected chi connectivity index (χ1v) is 10.8. The third-order valence-corrected chi connectivity index (χ3v) is 6.71. The highest BCUT2D eigenvalue weighted by Crippen LogP contribution is 2.25. The predicted octanol–water partition coefficient (Wildman–Crippen LogP) is 4.33. The molecule has 0 aliphatic carbocycles. The molecular formula is C20H20N4OS2. The zero-order valence-corrected chi connectivity index (χ0v) is 16.5. The topological polar surface area (TPSA) is 45.4 Å². The second-order valence-electron chi connectivity index (χ2n) is 6.75. The molecule has 7 heteroatoms. The van der Waals surface area contributed by atoms with E-state index in [1.165, 1.54) is 9.71 Å². The molecule has 138 valence electrons. The molecule has 5 nitrogen and oxygen atoms in total. The molecule has 1 aliphatic heterocycles. The Bertz CT molecular complexity index is 983. The Morgan fingerprint density at radius 3 is 2.52 bits per heavy atom. The molecule has 1 aliphatic rings. The van der Waals surface area contributed by atoms with Gasteiger partial charge in [-0.1, -0.05) is 18.2 Å². The van der Waals surface area contributed by atoms with Crippen LogP contribution in [0.15, 0.2) is 52.5 Å². The van der Waals surface area contributed by atoms with Gasteiger partial charge in [0, 0.05) is 32.7 Å². The number of nitrogens with zero attached hydrogens (tertiary/aromatic N) is 4. The van der Waals surface area contributed by atoms with E-state index in [1.807, 2.05) is 28.8 Å². The van der Waals surface area contributed by atoms with Gasteiger partial charge in [0.05, 0.1) is 27.3 Å².